The molecular weight excluding hydrogens is 218 g/mol. The van der Waals surface area contributed by atoms with Gasteiger partial charge in [-0.15, -0.1) is 0 Å². The Morgan fingerprint density at radius 2 is 1.94 bits per heavy atom. The molecule has 4 nitrogen and oxygen atoms in total. The zero-order valence-corrected chi connectivity index (χ0v) is 11.0. The molecule has 17 heavy (non-hydrogen) atoms. The summed E-state index contributed by atoms with van der Waals surface area (Å²) < 4.78 is 5.22. The summed E-state index contributed by atoms with van der Waals surface area (Å²) in [5.41, 5.74) is -0.00293. The molecule has 0 aromatic rings. The third kappa shape index (κ3) is 2.92. The second kappa shape index (κ2) is 4.16. The van der Waals surface area contributed by atoms with Crippen LogP contribution in [0.2, 0.25) is 0 Å². The predicted octanol–water partition coefficient (Wildman–Crippen LogP) is 2.06. The van der Waals surface area contributed by atoms with Gasteiger partial charge in [0.1, 0.15) is 5.60 Å². The van der Waals surface area contributed by atoms with E-state index in [0.717, 1.165) is 25.7 Å². The van der Waals surface area contributed by atoms with Crippen molar-refractivity contribution in [2.45, 2.75) is 58.1 Å². The van der Waals surface area contributed by atoms with Crippen molar-refractivity contribution in [1.82, 2.24) is 5.32 Å². The van der Waals surface area contributed by atoms with Gasteiger partial charge in [-0.3, -0.25) is 0 Å². The number of aliphatic hydroxyl groups excluding tert-OH is 1. The molecule has 0 aliphatic heterocycles. The molecule has 1 spiro atoms. The molecular formula is C13H23NO3. The van der Waals surface area contributed by atoms with E-state index in [9.17, 15) is 4.79 Å². The van der Waals surface area contributed by atoms with E-state index < -0.39 is 5.60 Å². The van der Waals surface area contributed by atoms with Gasteiger partial charge in [0, 0.05) is 12.6 Å². The smallest absolute Gasteiger partial charge is 0.407 e. The summed E-state index contributed by atoms with van der Waals surface area (Å²) in [6.45, 7) is 5.91. The summed E-state index contributed by atoms with van der Waals surface area (Å²) >= 11 is 0. The van der Waals surface area contributed by atoms with Crippen molar-refractivity contribution in [2.24, 2.45) is 11.3 Å². The normalized spacial score (nSPS) is 36.0. The van der Waals surface area contributed by atoms with Crippen molar-refractivity contribution in [1.29, 1.82) is 0 Å². The highest BCUT2D eigenvalue weighted by molar-refractivity contribution is 5.68. The Bertz CT molecular complexity index is 294. The molecule has 2 aliphatic rings. The SMILES string of the molecule is CC(C)(C)OC(=O)NC1CC2(CC(CO)C2)C1. The van der Waals surface area contributed by atoms with Crippen molar-refractivity contribution in [3.8, 4) is 0 Å². The van der Waals surface area contributed by atoms with Crippen LogP contribution in [0.15, 0.2) is 0 Å². The van der Waals surface area contributed by atoms with Crippen molar-refractivity contribution in [2.75, 3.05) is 6.61 Å². The molecule has 0 saturated heterocycles. The highest BCUT2D eigenvalue weighted by atomic mass is 16.6. The molecule has 1 amide bonds. The number of carbonyl (C=O) groups is 1. The van der Waals surface area contributed by atoms with Gasteiger partial charge in [0.05, 0.1) is 0 Å². The van der Waals surface area contributed by atoms with Crippen LogP contribution < -0.4 is 5.32 Å². The Balaban J connectivity index is 1.66. The molecule has 2 saturated carbocycles. The number of nitrogens with one attached hydrogen (secondary N) is 1. The molecule has 2 aliphatic carbocycles. The third-order valence-corrected chi connectivity index (χ3v) is 3.78. The summed E-state index contributed by atoms with van der Waals surface area (Å²) in [5.74, 6) is 0.498. The molecule has 2 rings (SSSR count). The number of carbonyl (C=O) groups excluding carboxylic acids is 1. The van der Waals surface area contributed by atoms with E-state index in [0.29, 0.717) is 17.9 Å². The first-order valence-electron chi connectivity index (χ1n) is 6.42. The van der Waals surface area contributed by atoms with E-state index in [1.165, 1.54) is 0 Å². The number of hydrogen-bond acceptors (Lipinski definition) is 3. The number of alkyl carbamates (subject to hydrolysis) is 1. The minimum atomic E-state index is -0.427. The summed E-state index contributed by atoms with van der Waals surface area (Å²) in [4.78, 5) is 11.5. The van der Waals surface area contributed by atoms with Crippen LogP contribution in [0.25, 0.3) is 0 Å². The van der Waals surface area contributed by atoms with Crippen molar-refractivity contribution in [3.05, 3.63) is 0 Å². The predicted molar refractivity (Wildman–Crippen MR) is 64.6 cm³/mol. The van der Waals surface area contributed by atoms with E-state index in [4.69, 9.17) is 9.84 Å². The molecule has 98 valence electrons. The first kappa shape index (κ1) is 12.7. The standard InChI is InChI=1S/C13H23NO3/c1-12(2,3)17-11(16)14-10-6-13(7-10)4-9(5-13)8-15/h9-10,15H,4-8H2,1-3H3,(H,14,16). The van der Waals surface area contributed by atoms with Crippen LogP contribution in [0.4, 0.5) is 4.79 Å². The monoisotopic (exact) mass is 241 g/mol. The van der Waals surface area contributed by atoms with Gasteiger partial charge in [0.25, 0.3) is 0 Å². The molecule has 2 N–H and O–H groups in total. The molecule has 0 radical (unpaired) electrons. The second-order valence-corrected chi connectivity index (χ2v) is 6.71. The van der Waals surface area contributed by atoms with Gasteiger partial charge in [0.2, 0.25) is 0 Å². The van der Waals surface area contributed by atoms with E-state index in [2.05, 4.69) is 5.32 Å². The molecule has 0 heterocycles. The molecule has 4 heteroatoms. The van der Waals surface area contributed by atoms with Gasteiger partial charge >= 0.3 is 6.09 Å². The van der Waals surface area contributed by atoms with Crippen LogP contribution in [0, 0.1) is 11.3 Å². The highest BCUT2D eigenvalue weighted by Crippen LogP contribution is 2.58. The number of aliphatic hydroxyl groups is 1. The van der Waals surface area contributed by atoms with Crippen LogP contribution in [0.3, 0.4) is 0 Å². The van der Waals surface area contributed by atoms with E-state index in [1.807, 2.05) is 20.8 Å². The fraction of sp³-hybridized carbons (Fsp3) is 0.923. The fourth-order valence-corrected chi connectivity index (χ4v) is 3.19. The van der Waals surface area contributed by atoms with Crippen LogP contribution in [-0.4, -0.2) is 29.4 Å². The average Bonchev–Trinajstić information content (AvgIpc) is 2.03. The minimum absolute atomic E-state index is 0.268. The second-order valence-electron chi connectivity index (χ2n) is 6.71. The zero-order chi connectivity index (χ0) is 12.7. The first-order valence-corrected chi connectivity index (χ1v) is 6.42. The van der Waals surface area contributed by atoms with E-state index in [-0.39, 0.29) is 12.1 Å². The Morgan fingerprint density at radius 3 is 2.41 bits per heavy atom. The lowest BCUT2D eigenvalue weighted by Gasteiger charge is -2.57. The minimum Gasteiger partial charge on any atom is -0.444 e. The maximum atomic E-state index is 11.5. The fourth-order valence-electron chi connectivity index (χ4n) is 3.19. The van der Waals surface area contributed by atoms with E-state index >= 15 is 0 Å². The maximum Gasteiger partial charge on any atom is 0.407 e. The molecule has 0 bridgehead atoms. The van der Waals surface area contributed by atoms with Crippen LogP contribution in [-0.2, 0) is 4.74 Å². The number of hydrogen-bond donors (Lipinski definition) is 2. The Kier molecular flexibility index (Phi) is 3.10. The number of rotatable bonds is 2. The van der Waals surface area contributed by atoms with Crippen molar-refractivity contribution >= 4 is 6.09 Å². The Morgan fingerprint density at radius 1 is 1.35 bits per heavy atom. The zero-order valence-electron chi connectivity index (χ0n) is 11.0. The molecule has 0 aromatic carbocycles. The molecule has 0 unspecified atom stereocenters. The van der Waals surface area contributed by atoms with Crippen molar-refractivity contribution in [3.63, 3.8) is 0 Å². The molecule has 0 aromatic heterocycles. The summed E-state index contributed by atoms with van der Waals surface area (Å²) in [6.07, 6.45) is 4.02. The maximum absolute atomic E-state index is 11.5. The van der Waals surface area contributed by atoms with Gasteiger partial charge in [-0.2, -0.15) is 0 Å². The van der Waals surface area contributed by atoms with Gasteiger partial charge < -0.3 is 15.2 Å². The molecule has 0 atom stereocenters. The van der Waals surface area contributed by atoms with Crippen LogP contribution in [0.1, 0.15) is 46.5 Å². The van der Waals surface area contributed by atoms with Crippen LogP contribution in [0.5, 0.6) is 0 Å². The highest BCUT2D eigenvalue weighted by Gasteiger charge is 2.52. The van der Waals surface area contributed by atoms with E-state index in [1.54, 1.807) is 0 Å². The van der Waals surface area contributed by atoms with Gasteiger partial charge in [-0.1, -0.05) is 0 Å². The number of amides is 1. The largest absolute Gasteiger partial charge is 0.444 e. The lowest BCUT2D eigenvalue weighted by molar-refractivity contribution is -0.0672. The molecule has 2 fully saturated rings. The van der Waals surface area contributed by atoms with Gasteiger partial charge in [-0.05, 0) is 57.8 Å². The van der Waals surface area contributed by atoms with Gasteiger partial charge in [-0.25, -0.2) is 4.79 Å². The topological polar surface area (TPSA) is 58.6 Å². The van der Waals surface area contributed by atoms with Gasteiger partial charge in [0.15, 0.2) is 0 Å². The van der Waals surface area contributed by atoms with Crippen molar-refractivity contribution < 1.29 is 14.6 Å². The third-order valence-electron chi connectivity index (χ3n) is 3.78. The average molecular weight is 241 g/mol. The summed E-state index contributed by atoms with van der Waals surface area (Å²) in [5, 5.41) is 11.9. The first-order chi connectivity index (χ1) is 7.82. The summed E-state index contributed by atoms with van der Waals surface area (Å²) in [6, 6.07) is 0.268. The van der Waals surface area contributed by atoms with Crippen LogP contribution >= 0.6 is 0 Å². The Labute approximate surface area is 103 Å². The lowest BCUT2D eigenvalue weighted by atomic mass is 9.50. The summed E-state index contributed by atoms with van der Waals surface area (Å²) in [7, 11) is 0. The Hall–Kier alpha value is -0.770. The number of ether oxygens (including phenoxy) is 1. The quantitative estimate of drug-likeness (QED) is 0.778. The lowest BCUT2D eigenvalue weighted by Crippen LogP contribution is -2.57.